The Morgan fingerprint density at radius 1 is 1.64 bits per heavy atom. The summed E-state index contributed by atoms with van der Waals surface area (Å²) in [7, 11) is 0.190. The van der Waals surface area contributed by atoms with Crippen LogP contribution in [-0.2, 0) is 4.79 Å². The average molecular weight is 199 g/mol. The number of primary amides is 1. The summed E-state index contributed by atoms with van der Waals surface area (Å²) in [4.78, 5) is 13.5. The van der Waals surface area contributed by atoms with E-state index in [0.717, 1.165) is 45.1 Å². The van der Waals surface area contributed by atoms with Gasteiger partial charge in [0.2, 0.25) is 5.91 Å². The molecule has 1 aliphatic heterocycles. The summed E-state index contributed by atoms with van der Waals surface area (Å²) >= 11 is 0. The molecule has 0 aromatic carbocycles. The van der Waals surface area contributed by atoms with Gasteiger partial charge in [0.1, 0.15) is 0 Å². The van der Waals surface area contributed by atoms with Gasteiger partial charge in [-0.05, 0) is 32.8 Å². The number of carbonyl (C=O) groups is 1. The van der Waals surface area contributed by atoms with Crippen LogP contribution in [-0.4, -0.2) is 29.9 Å². The van der Waals surface area contributed by atoms with Crippen LogP contribution in [0.5, 0.6) is 0 Å². The maximum Gasteiger partial charge on any atom is 0.237 e. The van der Waals surface area contributed by atoms with Crippen molar-refractivity contribution in [2.45, 2.75) is 51.0 Å². The Balaban J connectivity index is 2.65. The van der Waals surface area contributed by atoms with E-state index in [4.69, 9.17) is 7.10 Å². The average Bonchev–Trinajstić information content (AvgIpc) is 2.62. The van der Waals surface area contributed by atoms with Gasteiger partial charge in [0.15, 0.2) is 0 Å². The molecule has 0 aromatic heterocycles. The highest BCUT2D eigenvalue weighted by Crippen LogP contribution is 2.32. The number of nitrogens with two attached hydrogens (primary N) is 1. The molecule has 2 N–H and O–H groups in total. The summed E-state index contributed by atoms with van der Waals surface area (Å²) in [6, 6.07) is 0. The van der Waals surface area contributed by atoms with Crippen molar-refractivity contribution in [1.29, 1.82) is 0 Å². The van der Waals surface area contributed by atoms with E-state index in [1.54, 1.807) is 0 Å². The molecule has 1 fully saturated rings. The van der Waals surface area contributed by atoms with Gasteiger partial charge >= 0.3 is 0 Å². The fraction of sp³-hybridized carbons (Fsp3) is 0.909. The van der Waals surface area contributed by atoms with Crippen molar-refractivity contribution in [3.8, 4) is 0 Å². The molecule has 1 atom stereocenters. The highest BCUT2D eigenvalue weighted by molar-refractivity contribution is 5.84. The maximum absolute atomic E-state index is 11.6. The topological polar surface area (TPSA) is 46.3 Å². The third-order valence-electron chi connectivity index (χ3n) is 3.28. The summed E-state index contributed by atoms with van der Waals surface area (Å²) in [5.41, 5.74) is 5.01. The van der Waals surface area contributed by atoms with E-state index in [1.807, 2.05) is 4.90 Å². The lowest BCUT2D eigenvalue weighted by atomic mass is 9.89. The molecule has 14 heavy (non-hydrogen) atoms. The molecule has 3 heteroatoms. The third-order valence-corrected chi connectivity index (χ3v) is 3.28. The molecule has 3 nitrogen and oxygen atoms in total. The second kappa shape index (κ2) is 4.78. The molecule has 0 spiro atoms. The van der Waals surface area contributed by atoms with E-state index < -0.39 is 5.54 Å². The first-order chi connectivity index (χ1) is 7.17. The van der Waals surface area contributed by atoms with Gasteiger partial charge in [0.05, 0.1) is 5.54 Å². The SMILES string of the molecule is [2H]CN1CCC[C@@]1(CCCCC)C(N)=O. The number of hydrogen-bond donors (Lipinski definition) is 1. The first-order valence-corrected chi connectivity index (χ1v) is 5.51. The van der Waals surface area contributed by atoms with Crippen molar-refractivity contribution < 1.29 is 6.17 Å². The van der Waals surface area contributed by atoms with E-state index in [0.29, 0.717) is 0 Å². The van der Waals surface area contributed by atoms with Gasteiger partial charge in [-0.1, -0.05) is 26.2 Å². The normalized spacial score (nSPS) is 29.1. The van der Waals surface area contributed by atoms with Crippen LogP contribution in [0.1, 0.15) is 46.8 Å². The Bertz CT molecular complexity index is 223. The lowest BCUT2D eigenvalue weighted by Crippen LogP contribution is -2.52. The van der Waals surface area contributed by atoms with Crippen LogP contribution >= 0.6 is 0 Å². The first kappa shape index (κ1) is 9.97. The molecule has 1 aliphatic rings. The number of likely N-dealkylation sites (tertiary alicyclic amines) is 1. The molecule has 1 saturated heterocycles. The van der Waals surface area contributed by atoms with Crippen LogP contribution in [0, 0.1) is 0 Å². The number of rotatable bonds is 5. The summed E-state index contributed by atoms with van der Waals surface area (Å²) in [5, 5.41) is 0. The van der Waals surface area contributed by atoms with E-state index in [-0.39, 0.29) is 12.9 Å². The van der Waals surface area contributed by atoms with Crippen LogP contribution < -0.4 is 5.73 Å². The van der Waals surface area contributed by atoms with Gasteiger partial charge in [0.25, 0.3) is 0 Å². The Morgan fingerprint density at radius 3 is 3.00 bits per heavy atom. The van der Waals surface area contributed by atoms with Crippen LogP contribution in [0.2, 0.25) is 0 Å². The molecule has 0 aromatic rings. The van der Waals surface area contributed by atoms with Gasteiger partial charge in [0, 0.05) is 1.37 Å². The maximum atomic E-state index is 11.6. The zero-order valence-electron chi connectivity index (χ0n) is 10.1. The van der Waals surface area contributed by atoms with Crippen molar-refractivity contribution in [2.75, 3.05) is 13.6 Å². The fourth-order valence-electron chi connectivity index (χ4n) is 2.29. The van der Waals surface area contributed by atoms with E-state index >= 15 is 0 Å². The van der Waals surface area contributed by atoms with Crippen molar-refractivity contribution in [3.05, 3.63) is 0 Å². The lowest BCUT2D eigenvalue weighted by molar-refractivity contribution is -0.128. The van der Waals surface area contributed by atoms with Gasteiger partial charge in [-0.2, -0.15) is 0 Å². The first-order valence-electron chi connectivity index (χ1n) is 6.22. The molecular formula is C11H22N2O. The van der Waals surface area contributed by atoms with Crippen molar-refractivity contribution in [3.63, 3.8) is 0 Å². The molecule has 82 valence electrons. The highest BCUT2D eigenvalue weighted by atomic mass is 16.1. The monoisotopic (exact) mass is 199 g/mol. The van der Waals surface area contributed by atoms with Gasteiger partial charge in [-0.25, -0.2) is 0 Å². The molecule has 0 radical (unpaired) electrons. The van der Waals surface area contributed by atoms with E-state index in [1.165, 1.54) is 0 Å². The Labute approximate surface area is 88.0 Å². The van der Waals surface area contributed by atoms with Crippen molar-refractivity contribution in [2.24, 2.45) is 5.73 Å². The standard InChI is InChI=1S/C11H22N2O/c1-3-4-5-7-11(10(12)14)8-6-9-13(11)2/h3-9H2,1-2H3,(H2,12,14)/t11-/m0/s1/i2D. The smallest absolute Gasteiger partial charge is 0.237 e. The number of amides is 1. The van der Waals surface area contributed by atoms with Crippen LogP contribution in [0.25, 0.3) is 0 Å². The molecular weight excluding hydrogens is 176 g/mol. The number of hydrogen-bond acceptors (Lipinski definition) is 2. The van der Waals surface area contributed by atoms with Gasteiger partial charge in [-0.3, -0.25) is 9.69 Å². The van der Waals surface area contributed by atoms with Crippen LogP contribution in [0.4, 0.5) is 0 Å². The molecule has 0 aliphatic carbocycles. The third kappa shape index (κ3) is 2.08. The quantitative estimate of drug-likeness (QED) is 0.682. The number of likely N-dealkylation sites (N-methyl/N-ethyl adjacent to an activating group) is 1. The highest BCUT2D eigenvalue weighted by Gasteiger charge is 2.43. The van der Waals surface area contributed by atoms with Crippen LogP contribution in [0.3, 0.4) is 0 Å². The molecule has 1 amide bonds. The van der Waals surface area contributed by atoms with Crippen molar-refractivity contribution in [1.82, 2.24) is 4.90 Å². The molecule has 1 heterocycles. The Hall–Kier alpha value is -0.570. The van der Waals surface area contributed by atoms with E-state index in [2.05, 4.69) is 6.92 Å². The van der Waals surface area contributed by atoms with Crippen LogP contribution in [0.15, 0.2) is 0 Å². The number of nitrogens with zero attached hydrogens (tertiary/aromatic N) is 1. The van der Waals surface area contributed by atoms with E-state index in [9.17, 15) is 4.79 Å². The molecule has 1 rings (SSSR count). The second-order valence-corrected chi connectivity index (χ2v) is 4.22. The fourth-order valence-corrected chi connectivity index (χ4v) is 2.29. The number of carbonyl (C=O) groups excluding carboxylic acids is 1. The molecule has 0 saturated carbocycles. The minimum absolute atomic E-state index is 0.190. The predicted molar refractivity (Wildman–Crippen MR) is 57.9 cm³/mol. The zero-order valence-corrected chi connectivity index (χ0v) is 9.09. The summed E-state index contributed by atoms with van der Waals surface area (Å²) in [6.07, 6.45) is 5.99. The summed E-state index contributed by atoms with van der Waals surface area (Å²) < 4.78 is 7.45. The van der Waals surface area contributed by atoms with Crippen molar-refractivity contribution >= 4 is 5.91 Å². The Morgan fingerprint density at radius 2 is 2.43 bits per heavy atom. The largest absolute Gasteiger partial charge is 0.368 e. The molecule has 0 unspecified atom stereocenters. The lowest BCUT2D eigenvalue weighted by Gasteiger charge is -2.33. The van der Waals surface area contributed by atoms with Gasteiger partial charge < -0.3 is 5.73 Å². The predicted octanol–water partition coefficient (Wildman–Crippen LogP) is 1.52. The Kier molecular flexibility index (Phi) is 3.40. The molecule has 0 bridgehead atoms. The van der Waals surface area contributed by atoms with Gasteiger partial charge in [-0.15, -0.1) is 0 Å². The summed E-state index contributed by atoms with van der Waals surface area (Å²) in [5.74, 6) is -0.233. The minimum Gasteiger partial charge on any atom is -0.368 e. The minimum atomic E-state index is -0.503. The second-order valence-electron chi connectivity index (χ2n) is 4.22. The summed E-state index contributed by atoms with van der Waals surface area (Å²) in [6.45, 7) is 2.99. The zero-order chi connectivity index (χ0) is 11.3. The number of unbranched alkanes of at least 4 members (excludes halogenated alkanes) is 2.